The molecule has 0 aliphatic heterocycles. The van der Waals surface area contributed by atoms with E-state index in [0.717, 1.165) is 19.4 Å². The van der Waals surface area contributed by atoms with Gasteiger partial charge >= 0.3 is 5.97 Å². The smallest absolute Gasteiger partial charge is 0.303 e. The number of aryl methyl sites for hydroxylation is 1. The van der Waals surface area contributed by atoms with Crippen LogP contribution in [0.4, 0.5) is 0 Å². The van der Waals surface area contributed by atoms with Crippen molar-refractivity contribution < 1.29 is 9.90 Å². The summed E-state index contributed by atoms with van der Waals surface area (Å²) in [5.41, 5.74) is 0. The standard InChI is InChI=1S/C13H21NO2/c1-11(2)12(5-6-13(15)16)7-10-14-8-3-4-9-14/h3-4,8-9,11-12H,5-7,10H2,1-2H3,(H,15,16). The number of hydrogen-bond acceptors (Lipinski definition) is 1. The summed E-state index contributed by atoms with van der Waals surface area (Å²) in [4.78, 5) is 10.6. The topological polar surface area (TPSA) is 42.2 Å². The first kappa shape index (κ1) is 12.8. The Kier molecular flexibility index (Phi) is 5.09. The van der Waals surface area contributed by atoms with Crippen LogP contribution in [0.3, 0.4) is 0 Å². The number of rotatable bonds is 7. The third-order valence-electron chi connectivity index (χ3n) is 3.10. The molecule has 1 aromatic heterocycles. The summed E-state index contributed by atoms with van der Waals surface area (Å²) >= 11 is 0. The second-order valence-corrected chi connectivity index (χ2v) is 4.65. The molecule has 0 aromatic carbocycles. The Bertz CT molecular complexity index is 304. The van der Waals surface area contributed by atoms with Crippen LogP contribution in [0, 0.1) is 11.8 Å². The fourth-order valence-electron chi connectivity index (χ4n) is 1.95. The monoisotopic (exact) mass is 223 g/mol. The SMILES string of the molecule is CC(C)C(CCC(=O)O)CCn1cccc1. The molecule has 16 heavy (non-hydrogen) atoms. The molecule has 0 saturated heterocycles. The molecular formula is C13H21NO2. The lowest BCUT2D eigenvalue weighted by molar-refractivity contribution is -0.137. The normalized spacial score (nSPS) is 12.9. The average molecular weight is 223 g/mol. The van der Waals surface area contributed by atoms with Gasteiger partial charge in [-0.2, -0.15) is 0 Å². The minimum Gasteiger partial charge on any atom is -0.481 e. The van der Waals surface area contributed by atoms with Gasteiger partial charge < -0.3 is 9.67 Å². The van der Waals surface area contributed by atoms with E-state index in [1.54, 1.807) is 0 Å². The number of carboxylic acid groups (broad SMARTS) is 1. The largest absolute Gasteiger partial charge is 0.481 e. The molecule has 0 aliphatic carbocycles. The Hall–Kier alpha value is -1.25. The van der Waals surface area contributed by atoms with Gasteiger partial charge in [0.25, 0.3) is 0 Å². The number of carboxylic acids is 1. The summed E-state index contributed by atoms with van der Waals surface area (Å²) < 4.78 is 2.15. The van der Waals surface area contributed by atoms with Crippen LogP contribution in [-0.4, -0.2) is 15.6 Å². The van der Waals surface area contributed by atoms with Gasteiger partial charge in [0.05, 0.1) is 0 Å². The van der Waals surface area contributed by atoms with E-state index in [-0.39, 0.29) is 6.42 Å². The Morgan fingerprint density at radius 1 is 1.25 bits per heavy atom. The van der Waals surface area contributed by atoms with Gasteiger partial charge in [-0.1, -0.05) is 13.8 Å². The van der Waals surface area contributed by atoms with Gasteiger partial charge in [-0.25, -0.2) is 0 Å². The van der Waals surface area contributed by atoms with Gasteiger partial charge in [0, 0.05) is 25.4 Å². The lowest BCUT2D eigenvalue weighted by atomic mass is 9.88. The number of aromatic nitrogens is 1. The van der Waals surface area contributed by atoms with Gasteiger partial charge in [-0.15, -0.1) is 0 Å². The lowest BCUT2D eigenvalue weighted by Crippen LogP contribution is -2.13. The van der Waals surface area contributed by atoms with E-state index in [2.05, 4.69) is 30.8 Å². The maximum Gasteiger partial charge on any atom is 0.303 e. The highest BCUT2D eigenvalue weighted by Crippen LogP contribution is 2.21. The van der Waals surface area contributed by atoms with Crippen LogP contribution < -0.4 is 0 Å². The Labute approximate surface area is 97.1 Å². The van der Waals surface area contributed by atoms with Crippen molar-refractivity contribution in [3.63, 3.8) is 0 Å². The second kappa shape index (κ2) is 6.36. The van der Waals surface area contributed by atoms with Crippen LogP contribution in [0.1, 0.15) is 33.1 Å². The molecule has 3 nitrogen and oxygen atoms in total. The van der Waals surface area contributed by atoms with E-state index in [4.69, 9.17) is 5.11 Å². The third kappa shape index (κ3) is 4.51. The Morgan fingerprint density at radius 2 is 1.88 bits per heavy atom. The average Bonchev–Trinajstić information content (AvgIpc) is 2.69. The van der Waals surface area contributed by atoms with Crippen molar-refractivity contribution in [3.05, 3.63) is 24.5 Å². The fourth-order valence-corrected chi connectivity index (χ4v) is 1.95. The van der Waals surface area contributed by atoms with Crippen LogP contribution in [0.15, 0.2) is 24.5 Å². The summed E-state index contributed by atoms with van der Waals surface area (Å²) in [5, 5.41) is 8.69. The summed E-state index contributed by atoms with van der Waals surface area (Å²) in [6, 6.07) is 4.03. The molecule has 0 saturated carbocycles. The van der Waals surface area contributed by atoms with Crippen molar-refractivity contribution in [2.45, 2.75) is 39.7 Å². The molecule has 1 rings (SSSR count). The highest BCUT2D eigenvalue weighted by Gasteiger charge is 2.14. The minimum absolute atomic E-state index is 0.286. The highest BCUT2D eigenvalue weighted by molar-refractivity contribution is 5.66. The van der Waals surface area contributed by atoms with Crippen molar-refractivity contribution in [1.29, 1.82) is 0 Å². The maximum atomic E-state index is 10.6. The first-order valence-corrected chi connectivity index (χ1v) is 5.92. The number of carbonyl (C=O) groups is 1. The van der Waals surface area contributed by atoms with Crippen LogP contribution in [-0.2, 0) is 11.3 Å². The molecule has 0 aliphatic rings. The zero-order valence-electron chi connectivity index (χ0n) is 10.1. The van der Waals surface area contributed by atoms with Gasteiger partial charge in [0.15, 0.2) is 0 Å². The molecule has 3 heteroatoms. The van der Waals surface area contributed by atoms with Crippen LogP contribution in [0.5, 0.6) is 0 Å². The molecule has 1 atom stereocenters. The summed E-state index contributed by atoms with van der Waals surface area (Å²) in [6.07, 6.45) is 6.23. The van der Waals surface area contributed by atoms with E-state index in [1.807, 2.05) is 12.1 Å². The number of aliphatic carboxylic acids is 1. The molecule has 1 aromatic rings. The maximum absolute atomic E-state index is 10.6. The zero-order valence-corrected chi connectivity index (χ0v) is 10.1. The van der Waals surface area contributed by atoms with Crippen molar-refractivity contribution >= 4 is 5.97 Å². The molecule has 0 amide bonds. The molecule has 0 fully saturated rings. The van der Waals surface area contributed by atoms with Crippen LogP contribution >= 0.6 is 0 Å². The van der Waals surface area contributed by atoms with E-state index in [0.29, 0.717) is 11.8 Å². The van der Waals surface area contributed by atoms with E-state index < -0.39 is 5.97 Å². The third-order valence-corrected chi connectivity index (χ3v) is 3.10. The Balaban J connectivity index is 2.36. The second-order valence-electron chi connectivity index (χ2n) is 4.65. The molecule has 0 bridgehead atoms. The molecule has 1 unspecified atom stereocenters. The molecule has 1 heterocycles. The van der Waals surface area contributed by atoms with Gasteiger partial charge in [-0.05, 0) is 36.8 Å². The first-order chi connectivity index (χ1) is 7.59. The highest BCUT2D eigenvalue weighted by atomic mass is 16.4. The van der Waals surface area contributed by atoms with Crippen molar-refractivity contribution in [2.24, 2.45) is 11.8 Å². The molecule has 1 N–H and O–H groups in total. The Morgan fingerprint density at radius 3 is 2.38 bits per heavy atom. The molecule has 0 spiro atoms. The zero-order chi connectivity index (χ0) is 12.0. The van der Waals surface area contributed by atoms with E-state index in [9.17, 15) is 4.79 Å². The minimum atomic E-state index is -0.688. The summed E-state index contributed by atoms with van der Waals surface area (Å²) in [5.74, 6) is 0.361. The van der Waals surface area contributed by atoms with Gasteiger partial charge in [0.2, 0.25) is 0 Å². The van der Waals surface area contributed by atoms with Crippen LogP contribution in [0.25, 0.3) is 0 Å². The van der Waals surface area contributed by atoms with Crippen molar-refractivity contribution in [3.8, 4) is 0 Å². The van der Waals surface area contributed by atoms with E-state index >= 15 is 0 Å². The molecular weight excluding hydrogens is 202 g/mol. The predicted octanol–water partition coefficient (Wildman–Crippen LogP) is 3.02. The van der Waals surface area contributed by atoms with Crippen molar-refractivity contribution in [1.82, 2.24) is 4.57 Å². The van der Waals surface area contributed by atoms with Gasteiger partial charge in [0.1, 0.15) is 0 Å². The predicted molar refractivity (Wildman–Crippen MR) is 64.2 cm³/mol. The van der Waals surface area contributed by atoms with Crippen LogP contribution in [0.2, 0.25) is 0 Å². The van der Waals surface area contributed by atoms with E-state index in [1.165, 1.54) is 0 Å². The first-order valence-electron chi connectivity index (χ1n) is 5.92. The lowest BCUT2D eigenvalue weighted by Gasteiger charge is -2.20. The van der Waals surface area contributed by atoms with Gasteiger partial charge in [-0.3, -0.25) is 4.79 Å². The number of hydrogen-bond donors (Lipinski definition) is 1. The molecule has 90 valence electrons. The fraction of sp³-hybridized carbons (Fsp3) is 0.615. The summed E-state index contributed by atoms with van der Waals surface area (Å²) in [7, 11) is 0. The summed E-state index contributed by atoms with van der Waals surface area (Å²) in [6.45, 7) is 5.32. The number of nitrogens with zero attached hydrogens (tertiary/aromatic N) is 1. The quantitative estimate of drug-likeness (QED) is 0.772. The molecule has 0 radical (unpaired) electrons. The van der Waals surface area contributed by atoms with Crippen molar-refractivity contribution in [2.75, 3.05) is 0 Å².